The summed E-state index contributed by atoms with van der Waals surface area (Å²) in [5.74, 6) is 1.47. The molecule has 1 aliphatic heterocycles. The van der Waals surface area contributed by atoms with Gasteiger partial charge in [-0.05, 0) is 49.3 Å². The first-order chi connectivity index (χ1) is 13.1. The van der Waals surface area contributed by atoms with Crippen LogP contribution in [-0.2, 0) is 10.2 Å². The molecule has 140 valence electrons. The second-order valence-corrected chi connectivity index (χ2v) is 8.34. The number of aromatic nitrogens is 1. The maximum atomic E-state index is 12.4. The van der Waals surface area contributed by atoms with Crippen LogP contribution in [0.2, 0.25) is 0 Å². The molecule has 1 saturated heterocycles. The number of carbonyl (C=O) groups is 1. The van der Waals surface area contributed by atoms with Crippen molar-refractivity contribution in [1.82, 2.24) is 10.3 Å². The lowest BCUT2D eigenvalue weighted by Gasteiger charge is -2.41. The number of rotatable bonds is 3. The second-order valence-electron chi connectivity index (χ2n) is 8.34. The number of piperidine rings is 1. The van der Waals surface area contributed by atoms with Crippen molar-refractivity contribution >= 4 is 17.4 Å². The number of hydrogen-bond acceptors (Lipinski definition) is 4. The summed E-state index contributed by atoms with van der Waals surface area (Å²) in [4.78, 5) is 19.2. The highest BCUT2D eigenvalue weighted by Crippen LogP contribution is 2.51. The number of pyridine rings is 1. The zero-order valence-corrected chi connectivity index (χ0v) is 15.5. The molecular formula is C22H26N4O. The molecule has 0 bridgehead atoms. The molecule has 27 heavy (non-hydrogen) atoms. The molecule has 1 aromatic heterocycles. The summed E-state index contributed by atoms with van der Waals surface area (Å²) in [5.41, 5.74) is 9.61. The molecule has 1 aromatic carbocycles. The van der Waals surface area contributed by atoms with Gasteiger partial charge in [0.15, 0.2) is 0 Å². The molecule has 0 radical (unpaired) electrons. The van der Waals surface area contributed by atoms with Crippen molar-refractivity contribution < 1.29 is 4.79 Å². The van der Waals surface area contributed by atoms with Crippen molar-refractivity contribution in [2.45, 2.75) is 43.6 Å². The van der Waals surface area contributed by atoms with E-state index in [2.05, 4.69) is 39.5 Å². The zero-order chi connectivity index (χ0) is 18.4. The van der Waals surface area contributed by atoms with Crippen molar-refractivity contribution in [3.8, 4) is 0 Å². The van der Waals surface area contributed by atoms with Gasteiger partial charge in [-0.25, -0.2) is 4.98 Å². The van der Waals surface area contributed by atoms with E-state index in [4.69, 9.17) is 5.73 Å². The van der Waals surface area contributed by atoms with Crippen LogP contribution in [0.1, 0.15) is 49.3 Å². The van der Waals surface area contributed by atoms with Gasteiger partial charge >= 0.3 is 0 Å². The van der Waals surface area contributed by atoms with E-state index in [9.17, 15) is 4.79 Å². The van der Waals surface area contributed by atoms with Gasteiger partial charge in [-0.3, -0.25) is 4.79 Å². The lowest BCUT2D eigenvalue weighted by Crippen LogP contribution is -2.42. The van der Waals surface area contributed by atoms with Crippen LogP contribution in [0.25, 0.3) is 0 Å². The summed E-state index contributed by atoms with van der Waals surface area (Å²) >= 11 is 0. The van der Waals surface area contributed by atoms with Gasteiger partial charge in [0.25, 0.3) is 0 Å². The van der Waals surface area contributed by atoms with Crippen molar-refractivity contribution in [2.24, 2.45) is 5.92 Å². The van der Waals surface area contributed by atoms with Crippen LogP contribution in [0.15, 0.2) is 42.6 Å². The minimum absolute atomic E-state index is 0.159. The Bertz CT molecular complexity index is 868. The fraction of sp³-hybridized carbons (Fsp3) is 0.455. The summed E-state index contributed by atoms with van der Waals surface area (Å²) in [6.45, 7) is 1.93. The third kappa shape index (κ3) is 2.95. The number of benzene rings is 1. The first kappa shape index (κ1) is 16.6. The van der Waals surface area contributed by atoms with Crippen LogP contribution >= 0.6 is 0 Å². The highest BCUT2D eigenvalue weighted by atomic mass is 16.2. The van der Waals surface area contributed by atoms with Crippen LogP contribution in [0.5, 0.6) is 0 Å². The monoisotopic (exact) mass is 362 g/mol. The van der Waals surface area contributed by atoms with E-state index in [0.29, 0.717) is 0 Å². The number of hydrogen-bond donors (Lipinski definition) is 2. The molecule has 5 rings (SSSR count). The molecule has 2 fully saturated rings. The molecule has 3 N–H and O–H groups in total. The van der Waals surface area contributed by atoms with Crippen molar-refractivity contribution in [2.75, 3.05) is 23.7 Å². The molecule has 1 amide bonds. The van der Waals surface area contributed by atoms with Crippen molar-refractivity contribution in [1.29, 1.82) is 0 Å². The highest BCUT2D eigenvalue weighted by molar-refractivity contribution is 5.81. The van der Waals surface area contributed by atoms with E-state index >= 15 is 0 Å². The van der Waals surface area contributed by atoms with Crippen LogP contribution < -0.4 is 16.0 Å². The Morgan fingerprint density at radius 1 is 1.19 bits per heavy atom. The minimum atomic E-state index is 0.159. The van der Waals surface area contributed by atoms with Gasteiger partial charge in [-0.15, -0.1) is 0 Å². The standard InChI is InChI=1S/C22H26N4O/c23-16-7-10-24-20(13-16)26-11-8-22(9-12-26)14-19(25-21(27)15-5-6-15)17-3-1-2-4-18(17)22/h1-4,7,10,13,15,19H,5-6,8-9,11-12,14H2,(H2,23,24)(H,25,27). The third-order valence-electron chi connectivity index (χ3n) is 6.58. The lowest BCUT2D eigenvalue weighted by molar-refractivity contribution is -0.123. The van der Waals surface area contributed by atoms with Crippen LogP contribution in [0.3, 0.4) is 0 Å². The number of amides is 1. The molecule has 5 nitrogen and oxygen atoms in total. The Balaban J connectivity index is 1.36. The molecule has 1 atom stereocenters. The summed E-state index contributed by atoms with van der Waals surface area (Å²) < 4.78 is 0. The highest BCUT2D eigenvalue weighted by Gasteiger charge is 2.46. The first-order valence-corrected chi connectivity index (χ1v) is 10.0. The molecule has 2 aliphatic carbocycles. The third-order valence-corrected chi connectivity index (χ3v) is 6.58. The number of nitrogens with two attached hydrogens (primary N) is 1. The fourth-order valence-corrected chi connectivity index (χ4v) is 4.90. The Hall–Kier alpha value is -2.56. The fourth-order valence-electron chi connectivity index (χ4n) is 4.90. The van der Waals surface area contributed by atoms with E-state index in [0.717, 1.165) is 56.7 Å². The van der Waals surface area contributed by atoms with Crippen LogP contribution in [0.4, 0.5) is 11.5 Å². The summed E-state index contributed by atoms with van der Waals surface area (Å²) in [7, 11) is 0. The van der Waals surface area contributed by atoms with E-state index < -0.39 is 0 Å². The SMILES string of the molecule is Nc1ccnc(N2CCC3(CC2)CC(NC(=O)C2CC2)c2ccccc23)c1. The molecule has 3 aliphatic rings. The van der Waals surface area contributed by atoms with Crippen LogP contribution in [-0.4, -0.2) is 24.0 Å². The number of nitrogen functional groups attached to an aromatic ring is 1. The first-order valence-electron chi connectivity index (χ1n) is 10.0. The number of fused-ring (bicyclic) bond motifs is 2. The van der Waals surface area contributed by atoms with Crippen molar-refractivity contribution in [3.05, 3.63) is 53.7 Å². The van der Waals surface area contributed by atoms with E-state index in [1.807, 2.05) is 12.1 Å². The Morgan fingerprint density at radius 3 is 2.70 bits per heavy atom. The van der Waals surface area contributed by atoms with E-state index in [-0.39, 0.29) is 23.3 Å². The second kappa shape index (κ2) is 6.25. The molecular weight excluding hydrogens is 336 g/mol. The Kier molecular flexibility index (Phi) is 3.85. The molecule has 1 unspecified atom stereocenters. The molecule has 1 spiro atoms. The summed E-state index contributed by atoms with van der Waals surface area (Å²) in [6.07, 6.45) is 7.06. The number of carbonyl (C=O) groups excluding carboxylic acids is 1. The minimum Gasteiger partial charge on any atom is -0.399 e. The Morgan fingerprint density at radius 2 is 1.96 bits per heavy atom. The molecule has 5 heteroatoms. The average molecular weight is 362 g/mol. The van der Waals surface area contributed by atoms with Gasteiger partial charge in [0.2, 0.25) is 5.91 Å². The van der Waals surface area contributed by atoms with E-state index in [1.54, 1.807) is 6.20 Å². The maximum absolute atomic E-state index is 12.4. The topological polar surface area (TPSA) is 71.2 Å². The molecule has 2 heterocycles. The van der Waals surface area contributed by atoms with E-state index in [1.165, 1.54) is 11.1 Å². The molecule has 2 aromatic rings. The normalized spacial score (nSPS) is 23.3. The van der Waals surface area contributed by atoms with Gasteiger partial charge < -0.3 is 16.0 Å². The number of nitrogens with one attached hydrogen (secondary N) is 1. The van der Waals surface area contributed by atoms with Gasteiger partial charge in [-0.2, -0.15) is 0 Å². The maximum Gasteiger partial charge on any atom is 0.223 e. The molecule has 1 saturated carbocycles. The number of nitrogens with zero attached hydrogens (tertiary/aromatic N) is 2. The van der Waals surface area contributed by atoms with Crippen LogP contribution in [0, 0.1) is 5.92 Å². The summed E-state index contributed by atoms with van der Waals surface area (Å²) in [5, 5.41) is 3.34. The van der Waals surface area contributed by atoms with Crippen molar-refractivity contribution in [3.63, 3.8) is 0 Å². The number of anilines is 2. The predicted molar refractivity (Wildman–Crippen MR) is 106 cm³/mol. The zero-order valence-electron chi connectivity index (χ0n) is 15.5. The van der Waals surface area contributed by atoms with Gasteiger partial charge in [0.05, 0.1) is 6.04 Å². The summed E-state index contributed by atoms with van der Waals surface area (Å²) in [6, 6.07) is 12.7. The van der Waals surface area contributed by atoms with Gasteiger partial charge in [0.1, 0.15) is 5.82 Å². The van der Waals surface area contributed by atoms with Gasteiger partial charge in [0, 0.05) is 42.4 Å². The largest absolute Gasteiger partial charge is 0.399 e. The lowest BCUT2D eigenvalue weighted by atomic mass is 9.73. The predicted octanol–water partition coefficient (Wildman–Crippen LogP) is 3.17. The smallest absolute Gasteiger partial charge is 0.223 e. The average Bonchev–Trinajstić information content (AvgIpc) is 3.50. The Labute approximate surface area is 160 Å². The van der Waals surface area contributed by atoms with Gasteiger partial charge in [-0.1, -0.05) is 24.3 Å². The quantitative estimate of drug-likeness (QED) is 0.880.